The summed E-state index contributed by atoms with van der Waals surface area (Å²) in [5.41, 5.74) is 13.1. The van der Waals surface area contributed by atoms with Crippen LogP contribution < -0.4 is 0 Å². The van der Waals surface area contributed by atoms with Gasteiger partial charge in [0.15, 0.2) is 0 Å². The fourth-order valence-corrected chi connectivity index (χ4v) is 8.80. The van der Waals surface area contributed by atoms with Crippen LogP contribution in [0.5, 0.6) is 0 Å². The fourth-order valence-electron chi connectivity index (χ4n) is 8.80. The molecule has 9 aromatic rings. The van der Waals surface area contributed by atoms with Gasteiger partial charge in [0.25, 0.3) is 0 Å². The van der Waals surface area contributed by atoms with Crippen LogP contribution in [0.15, 0.2) is 170 Å². The van der Waals surface area contributed by atoms with Gasteiger partial charge in [0, 0.05) is 5.41 Å². The van der Waals surface area contributed by atoms with Crippen molar-refractivity contribution >= 4 is 43.1 Å². The predicted molar refractivity (Wildman–Crippen MR) is 210 cm³/mol. The normalized spacial score (nSPS) is 13.3. The van der Waals surface area contributed by atoms with E-state index in [0.29, 0.717) is 0 Å². The number of hydrogen-bond donors (Lipinski definition) is 0. The Morgan fingerprint density at radius 2 is 0.796 bits per heavy atom. The first kappa shape index (κ1) is 28.1. The molecule has 0 aromatic heterocycles. The van der Waals surface area contributed by atoms with E-state index in [9.17, 15) is 0 Å². The highest BCUT2D eigenvalue weighted by Crippen LogP contribution is 2.53. The third-order valence-electron chi connectivity index (χ3n) is 11.0. The molecule has 0 saturated carbocycles. The molecule has 0 aliphatic heterocycles. The van der Waals surface area contributed by atoms with E-state index in [4.69, 9.17) is 0 Å². The molecular formula is C49H34. The summed E-state index contributed by atoms with van der Waals surface area (Å²) in [4.78, 5) is 0. The van der Waals surface area contributed by atoms with Crippen molar-refractivity contribution in [3.05, 3.63) is 181 Å². The number of hydrogen-bond acceptors (Lipinski definition) is 0. The Morgan fingerprint density at radius 1 is 0.327 bits per heavy atom. The number of fused-ring (bicyclic) bond motifs is 7. The van der Waals surface area contributed by atoms with E-state index in [1.165, 1.54) is 98.7 Å². The van der Waals surface area contributed by atoms with Gasteiger partial charge in [-0.05, 0) is 111 Å². The summed E-state index contributed by atoms with van der Waals surface area (Å²) in [7, 11) is 0. The van der Waals surface area contributed by atoms with Crippen LogP contribution in [0.3, 0.4) is 0 Å². The highest BCUT2D eigenvalue weighted by Gasteiger charge is 2.37. The summed E-state index contributed by atoms with van der Waals surface area (Å²) < 4.78 is 0. The van der Waals surface area contributed by atoms with E-state index < -0.39 is 0 Å². The van der Waals surface area contributed by atoms with Crippen LogP contribution >= 0.6 is 0 Å². The lowest BCUT2D eigenvalue weighted by Crippen LogP contribution is -2.16. The smallest absolute Gasteiger partial charge is 0.0165 e. The van der Waals surface area contributed by atoms with Crippen molar-refractivity contribution in [2.24, 2.45) is 0 Å². The van der Waals surface area contributed by atoms with Gasteiger partial charge >= 0.3 is 0 Å². The molecule has 0 heteroatoms. The van der Waals surface area contributed by atoms with Crippen LogP contribution in [0, 0.1) is 0 Å². The first-order chi connectivity index (χ1) is 24.1. The van der Waals surface area contributed by atoms with Gasteiger partial charge in [0.05, 0.1) is 0 Å². The molecule has 1 aliphatic carbocycles. The van der Waals surface area contributed by atoms with Crippen LogP contribution in [-0.4, -0.2) is 0 Å². The number of benzene rings is 9. The summed E-state index contributed by atoms with van der Waals surface area (Å²) >= 11 is 0. The zero-order chi connectivity index (χ0) is 32.7. The van der Waals surface area contributed by atoms with Gasteiger partial charge in [-0.2, -0.15) is 0 Å². The second-order valence-corrected chi connectivity index (χ2v) is 14.0. The van der Waals surface area contributed by atoms with Crippen molar-refractivity contribution in [2.45, 2.75) is 19.3 Å². The van der Waals surface area contributed by atoms with Crippen LogP contribution in [-0.2, 0) is 5.41 Å². The molecule has 0 amide bonds. The molecule has 0 N–H and O–H groups in total. The molecule has 49 heavy (non-hydrogen) atoms. The Kier molecular flexibility index (Phi) is 6.02. The topological polar surface area (TPSA) is 0 Å². The summed E-state index contributed by atoms with van der Waals surface area (Å²) in [6.07, 6.45) is 0. The minimum absolute atomic E-state index is 0.103. The van der Waals surface area contributed by atoms with Crippen LogP contribution in [0.25, 0.3) is 87.6 Å². The molecule has 0 saturated heterocycles. The van der Waals surface area contributed by atoms with Crippen molar-refractivity contribution in [1.82, 2.24) is 0 Å². The summed E-state index contributed by atoms with van der Waals surface area (Å²) in [6.45, 7) is 4.78. The van der Waals surface area contributed by atoms with Gasteiger partial charge in [0.2, 0.25) is 0 Å². The second kappa shape index (κ2) is 10.5. The van der Waals surface area contributed by atoms with Crippen molar-refractivity contribution in [1.29, 1.82) is 0 Å². The lowest BCUT2D eigenvalue weighted by atomic mass is 9.78. The Labute approximate surface area is 286 Å². The van der Waals surface area contributed by atoms with Gasteiger partial charge in [-0.1, -0.05) is 172 Å². The highest BCUT2D eigenvalue weighted by molar-refractivity contribution is 6.23. The van der Waals surface area contributed by atoms with Gasteiger partial charge < -0.3 is 0 Å². The van der Waals surface area contributed by atoms with Crippen molar-refractivity contribution < 1.29 is 0 Å². The number of rotatable bonds is 3. The molecule has 0 atom stereocenters. The van der Waals surface area contributed by atoms with E-state index in [1.54, 1.807) is 0 Å². The molecule has 0 fully saturated rings. The van der Waals surface area contributed by atoms with Crippen molar-refractivity contribution in [2.75, 3.05) is 0 Å². The van der Waals surface area contributed by atoms with Crippen LogP contribution in [0.4, 0.5) is 0 Å². The molecule has 0 nitrogen and oxygen atoms in total. The fraction of sp³-hybridized carbons (Fsp3) is 0.0612. The summed E-state index contributed by atoms with van der Waals surface area (Å²) in [5.74, 6) is 0. The van der Waals surface area contributed by atoms with E-state index in [1.807, 2.05) is 0 Å². The molecule has 230 valence electrons. The third-order valence-corrected chi connectivity index (χ3v) is 11.0. The molecule has 1 aliphatic rings. The Bertz CT molecular complexity index is 2720. The molecule has 0 bridgehead atoms. The van der Waals surface area contributed by atoms with Crippen LogP contribution in [0.1, 0.15) is 25.0 Å². The van der Waals surface area contributed by atoms with Gasteiger partial charge in [-0.3, -0.25) is 0 Å². The largest absolute Gasteiger partial charge is 0.0616 e. The van der Waals surface area contributed by atoms with Gasteiger partial charge in [0.1, 0.15) is 0 Å². The van der Waals surface area contributed by atoms with E-state index in [2.05, 4.69) is 184 Å². The highest BCUT2D eigenvalue weighted by atomic mass is 14.4. The van der Waals surface area contributed by atoms with Crippen LogP contribution in [0.2, 0.25) is 0 Å². The molecular weight excluding hydrogens is 589 g/mol. The molecule has 9 aromatic carbocycles. The van der Waals surface area contributed by atoms with Gasteiger partial charge in [-0.15, -0.1) is 0 Å². The lowest BCUT2D eigenvalue weighted by molar-refractivity contribution is 0.663. The maximum absolute atomic E-state index is 2.41. The Balaban J connectivity index is 1.16. The monoisotopic (exact) mass is 622 g/mol. The maximum atomic E-state index is 2.41. The third kappa shape index (κ3) is 4.11. The Morgan fingerprint density at radius 3 is 1.47 bits per heavy atom. The van der Waals surface area contributed by atoms with Crippen molar-refractivity contribution in [3.63, 3.8) is 0 Å². The molecule has 0 heterocycles. The SMILES string of the molecule is CC1(C)c2cc3ccccc3cc2-c2cccc(-c3ccc(-c4c5ccccc5c(-c5cccc6ccccc56)c5ccccc45)cc3)c21. The lowest BCUT2D eigenvalue weighted by Gasteiger charge is -2.25. The minimum Gasteiger partial charge on any atom is -0.0616 e. The summed E-state index contributed by atoms with van der Waals surface area (Å²) in [6, 6.07) is 63.1. The zero-order valence-electron chi connectivity index (χ0n) is 27.7. The first-order valence-corrected chi connectivity index (χ1v) is 17.3. The molecule has 0 spiro atoms. The van der Waals surface area contributed by atoms with E-state index in [0.717, 1.165) is 0 Å². The average Bonchev–Trinajstić information content (AvgIpc) is 3.38. The van der Waals surface area contributed by atoms with E-state index >= 15 is 0 Å². The van der Waals surface area contributed by atoms with Crippen molar-refractivity contribution in [3.8, 4) is 44.5 Å². The second-order valence-electron chi connectivity index (χ2n) is 14.0. The summed E-state index contributed by atoms with van der Waals surface area (Å²) in [5, 5.41) is 10.3. The quantitative estimate of drug-likeness (QED) is 0.172. The standard InChI is InChI=1S/C49H34/c1-49(2)45-30-35-15-4-3-14-34(35)29-44(45)43-24-12-22-37(48(43)49)32-25-27-33(28-26-32)46-39-18-7-9-20-41(39)47(42-21-10-8-19-40(42)46)38-23-11-16-31-13-5-6-17-36(31)38/h3-30H,1-2H3. The zero-order valence-corrected chi connectivity index (χ0v) is 27.7. The average molecular weight is 623 g/mol. The van der Waals surface area contributed by atoms with Gasteiger partial charge in [-0.25, -0.2) is 0 Å². The first-order valence-electron chi connectivity index (χ1n) is 17.3. The predicted octanol–water partition coefficient (Wildman–Crippen LogP) is 13.6. The van der Waals surface area contributed by atoms with E-state index in [-0.39, 0.29) is 5.41 Å². The molecule has 0 radical (unpaired) electrons. The maximum Gasteiger partial charge on any atom is 0.0165 e. The molecule has 0 unspecified atom stereocenters. The Hall–Kier alpha value is -5.98. The minimum atomic E-state index is -0.103. The molecule has 10 rings (SSSR count).